The van der Waals surface area contributed by atoms with Gasteiger partial charge in [-0.25, -0.2) is 4.39 Å². The van der Waals surface area contributed by atoms with Crippen molar-refractivity contribution in [3.05, 3.63) is 58.6 Å². The van der Waals surface area contributed by atoms with E-state index in [1.54, 1.807) is 6.07 Å². The van der Waals surface area contributed by atoms with E-state index in [9.17, 15) is 24.2 Å². The molecule has 2 amide bonds. The molecule has 3 aliphatic carbocycles. The summed E-state index contributed by atoms with van der Waals surface area (Å²) in [5, 5.41) is 26.0. The maximum Gasteiger partial charge on any atom is 0.270 e. The zero-order valence-electron chi connectivity index (χ0n) is 17.8. The summed E-state index contributed by atoms with van der Waals surface area (Å²) in [5.74, 6) is -1.22. The molecular formula is C23H25ClFN3O5. The number of hydrogen-bond donors (Lipinski definition) is 4. The summed E-state index contributed by atoms with van der Waals surface area (Å²) in [4.78, 5) is 29.3. The molecule has 2 aromatic rings. The van der Waals surface area contributed by atoms with Crippen molar-refractivity contribution in [2.45, 2.75) is 55.9 Å². The Bertz CT molecular complexity index is 1060. The quantitative estimate of drug-likeness (QED) is 0.484. The molecule has 4 N–H and O–H groups in total. The standard InChI is InChI=1S/C23H25ClFN3O5/c24-16-2-1-15(10-17(16)25)33-13-20(31)27-22-4-6-23(7-5-22,19(30)11-22)28-21(32)18-9-14(12-29)3-8-26-18/h1-3,8-10,19,29-30H,4-7,11-13H2,(H,27,31)(H,28,32)/t19-,22?,23?/m0/s1. The van der Waals surface area contributed by atoms with Gasteiger partial charge in [0.25, 0.3) is 11.8 Å². The summed E-state index contributed by atoms with van der Waals surface area (Å²) in [6.07, 6.45) is 3.03. The van der Waals surface area contributed by atoms with Crippen LogP contribution >= 0.6 is 11.6 Å². The predicted octanol–water partition coefficient (Wildman–Crippen LogP) is 2.11. The molecule has 3 aliphatic rings. The van der Waals surface area contributed by atoms with Gasteiger partial charge < -0.3 is 25.6 Å². The summed E-state index contributed by atoms with van der Waals surface area (Å²) < 4.78 is 18.9. The van der Waals surface area contributed by atoms with Gasteiger partial charge >= 0.3 is 0 Å². The number of aliphatic hydroxyl groups excluding tert-OH is 2. The van der Waals surface area contributed by atoms with E-state index < -0.39 is 28.9 Å². The largest absolute Gasteiger partial charge is 0.484 e. The van der Waals surface area contributed by atoms with E-state index in [2.05, 4.69) is 15.6 Å². The molecule has 5 rings (SSSR count). The SMILES string of the molecule is O=C(COc1ccc(Cl)c(F)c1)NC12CCC(NC(=O)c3cc(CO)ccn3)(CC1)[C@@H](O)C2. The molecular weight excluding hydrogens is 453 g/mol. The number of aromatic nitrogens is 1. The van der Waals surface area contributed by atoms with E-state index in [-0.39, 0.29) is 35.6 Å². The van der Waals surface area contributed by atoms with Gasteiger partial charge in [-0.2, -0.15) is 0 Å². The Morgan fingerprint density at radius 1 is 1.18 bits per heavy atom. The highest BCUT2D eigenvalue weighted by atomic mass is 35.5. The lowest BCUT2D eigenvalue weighted by Gasteiger charge is -2.56. The molecule has 1 heterocycles. The highest BCUT2D eigenvalue weighted by Crippen LogP contribution is 2.47. The predicted molar refractivity (Wildman–Crippen MR) is 117 cm³/mol. The van der Waals surface area contributed by atoms with Gasteiger partial charge in [0.2, 0.25) is 0 Å². The van der Waals surface area contributed by atoms with Gasteiger partial charge in [0.05, 0.1) is 23.3 Å². The van der Waals surface area contributed by atoms with Crippen LogP contribution in [0.5, 0.6) is 5.75 Å². The molecule has 0 saturated heterocycles. The summed E-state index contributed by atoms with van der Waals surface area (Å²) in [7, 11) is 0. The second-order valence-corrected chi connectivity index (χ2v) is 9.14. The summed E-state index contributed by atoms with van der Waals surface area (Å²) in [6.45, 7) is -0.497. The molecule has 33 heavy (non-hydrogen) atoms. The minimum atomic E-state index is -0.850. The fourth-order valence-electron chi connectivity index (χ4n) is 4.70. The Kier molecular flexibility index (Phi) is 6.56. The van der Waals surface area contributed by atoms with Crippen molar-refractivity contribution in [3.8, 4) is 5.75 Å². The molecule has 176 valence electrons. The number of fused-ring (bicyclic) bond motifs is 3. The van der Waals surface area contributed by atoms with Gasteiger partial charge in [0.1, 0.15) is 17.3 Å². The van der Waals surface area contributed by atoms with E-state index in [1.165, 1.54) is 24.4 Å². The molecule has 1 atom stereocenters. The Hall–Kier alpha value is -2.75. The third-order valence-corrected chi connectivity index (χ3v) is 6.90. The van der Waals surface area contributed by atoms with Crippen LogP contribution in [0.15, 0.2) is 36.5 Å². The lowest BCUT2D eigenvalue weighted by atomic mass is 9.60. The van der Waals surface area contributed by atoms with Crippen molar-refractivity contribution < 1.29 is 28.9 Å². The molecule has 3 fully saturated rings. The molecule has 1 aromatic carbocycles. The first-order valence-corrected chi connectivity index (χ1v) is 11.1. The van der Waals surface area contributed by atoms with E-state index in [1.807, 2.05) is 0 Å². The maximum absolute atomic E-state index is 13.5. The number of carbonyl (C=O) groups is 2. The van der Waals surface area contributed by atoms with Crippen LogP contribution in [0.25, 0.3) is 0 Å². The number of hydrogen-bond acceptors (Lipinski definition) is 6. The molecule has 0 aliphatic heterocycles. The molecule has 0 unspecified atom stereocenters. The lowest BCUT2D eigenvalue weighted by molar-refractivity contribution is -0.129. The van der Waals surface area contributed by atoms with Crippen molar-refractivity contribution >= 4 is 23.4 Å². The number of rotatable bonds is 7. The molecule has 3 saturated carbocycles. The Balaban J connectivity index is 1.35. The fourth-order valence-corrected chi connectivity index (χ4v) is 4.81. The second kappa shape index (κ2) is 9.24. The van der Waals surface area contributed by atoms with Gasteiger partial charge in [-0.05, 0) is 61.9 Å². The number of benzene rings is 1. The van der Waals surface area contributed by atoms with Crippen LogP contribution in [0.3, 0.4) is 0 Å². The first-order valence-electron chi connectivity index (χ1n) is 10.7. The molecule has 10 heteroatoms. The number of amides is 2. The average molecular weight is 478 g/mol. The first-order chi connectivity index (χ1) is 15.7. The monoisotopic (exact) mass is 477 g/mol. The Morgan fingerprint density at radius 2 is 1.94 bits per heavy atom. The third kappa shape index (κ3) is 4.95. The zero-order chi connectivity index (χ0) is 23.6. The number of aliphatic hydroxyl groups is 2. The van der Waals surface area contributed by atoms with Crippen molar-refractivity contribution in [2.75, 3.05) is 6.61 Å². The number of ether oxygens (including phenoxy) is 1. The van der Waals surface area contributed by atoms with Crippen LogP contribution in [0, 0.1) is 5.82 Å². The van der Waals surface area contributed by atoms with Gasteiger partial charge in [-0.1, -0.05) is 11.6 Å². The van der Waals surface area contributed by atoms with Gasteiger partial charge in [0, 0.05) is 17.8 Å². The van der Waals surface area contributed by atoms with Crippen molar-refractivity contribution in [1.82, 2.24) is 15.6 Å². The molecule has 0 radical (unpaired) electrons. The highest BCUT2D eigenvalue weighted by Gasteiger charge is 2.55. The highest BCUT2D eigenvalue weighted by molar-refractivity contribution is 6.30. The van der Waals surface area contributed by atoms with Crippen LogP contribution in [-0.4, -0.2) is 50.8 Å². The molecule has 2 bridgehead atoms. The topological polar surface area (TPSA) is 121 Å². The van der Waals surface area contributed by atoms with Crippen LogP contribution in [0.2, 0.25) is 5.02 Å². The number of nitrogens with one attached hydrogen (secondary N) is 2. The molecule has 1 aromatic heterocycles. The number of carbonyl (C=O) groups excluding carboxylic acids is 2. The smallest absolute Gasteiger partial charge is 0.270 e. The summed E-state index contributed by atoms with van der Waals surface area (Å²) in [5.41, 5.74) is -0.634. The zero-order valence-corrected chi connectivity index (χ0v) is 18.6. The third-order valence-electron chi connectivity index (χ3n) is 6.59. The Labute approximate surface area is 195 Å². The summed E-state index contributed by atoms with van der Waals surface area (Å²) >= 11 is 5.65. The first kappa shape index (κ1) is 23.4. The van der Waals surface area contributed by atoms with Gasteiger partial charge in [-0.15, -0.1) is 0 Å². The van der Waals surface area contributed by atoms with E-state index in [0.29, 0.717) is 37.7 Å². The van der Waals surface area contributed by atoms with Crippen LogP contribution in [0.1, 0.15) is 48.2 Å². The number of nitrogens with zero attached hydrogens (tertiary/aromatic N) is 1. The normalized spacial score (nSPS) is 26.0. The molecule has 0 spiro atoms. The van der Waals surface area contributed by atoms with Gasteiger partial charge in [0.15, 0.2) is 6.61 Å². The minimum Gasteiger partial charge on any atom is -0.484 e. The van der Waals surface area contributed by atoms with Crippen LogP contribution in [-0.2, 0) is 11.4 Å². The van der Waals surface area contributed by atoms with E-state index >= 15 is 0 Å². The van der Waals surface area contributed by atoms with E-state index in [0.717, 1.165) is 6.07 Å². The maximum atomic E-state index is 13.5. The fraction of sp³-hybridized carbons (Fsp3) is 0.435. The van der Waals surface area contributed by atoms with Crippen LogP contribution < -0.4 is 15.4 Å². The lowest BCUT2D eigenvalue weighted by Crippen LogP contribution is -2.70. The van der Waals surface area contributed by atoms with Crippen molar-refractivity contribution in [2.24, 2.45) is 0 Å². The van der Waals surface area contributed by atoms with Crippen molar-refractivity contribution in [3.63, 3.8) is 0 Å². The number of halogens is 2. The van der Waals surface area contributed by atoms with E-state index in [4.69, 9.17) is 16.3 Å². The summed E-state index contributed by atoms with van der Waals surface area (Å²) in [6, 6.07) is 7.08. The van der Waals surface area contributed by atoms with Gasteiger partial charge in [-0.3, -0.25) is 14.6 Å². The number of pyridine rings is 1. The van der Waals surface area contributed by atoms with Crippen molar-refractivity contribution in [1.29, 1.82) is 0 Å². The second-order valence-electron chi connectivity index (χ2n) is 8.73. The minimum absolute atomic E-state index is 0.0310. The molecule has 8 nitrogen and oxygen atoms in total. The average Bonchev–Trinajstić information content (AvgIpc) is 2.81. The Morgan fingerprint density at radius 3 is 2.61 bits per heavy atom. The van der Waals surface area contributed by atoms with Crippen LogP contribution in [0.4, 0.5) is 4.39 Å².